The summed E-state index contributed by atoms with van der Waals surface area (Å²) < 4.78 is 7.77. The molecular weight excluding hydrogens is 384 g/mol. The molecule has 152 valence electrons. The van der Waals surface area contributed by atoms with Crippen molar-refractivity contribution in [1.82, 2.24) is 14.5 Å². The van der Waals surface area contributed by atoms with Gasteiger partial charge >= 0.3 is 0 Å². The van der Waals surface area contributed by atoms with Crippen LogP contribution in [-0.4, -0.2) is 20.2 Å². The van der Waals surface area contributed by atoms with Crippen molar-refractivity contribution in [1.29, 1.82) is 0 Å². The molecule has 1 atom stereocenters. The minimum Gasteiger partial charge on any atom is -0.442 e. The van der Waals surface area contributed by atoms with Crippen LogP contribution in [-0.2, 0) is 5.41 Å². The first-order chi connectivity index (χ1) is 15.2. The molecule has 0 N–H and O–H groups in total. The molecule has 0 saturated heterocycles. The monoisotopic (exact) mass is 406 g/mol. The quantitative estimate of drug-likeness (QED) is 0.452. The highest BCUT2D eigenvalue weighted by atomic mass is 16.3. The van der Waals surface area contributed by atoms with Crippen molar-refractivity contribution in [2.24, 2.45) is 10.9 Å². The van der Waals surface area contributed by atoms with E-state index in [0.717, 1.165) is 34.3 Å². The van der Waals surface area contributed by atoms with E-state index in [1.54, 1.807) is 6.20 Å². The second-order valence-corrected chi connectivity index (χ2v) is 9.22. The predicted octanol–water partition coefficient (Wildman–Crippen LogP) is 5.49. The number of hydrogen-bond acceptors (Lipinski definition) is 4. The van der Waals surface area contributed by atoms with Crippen LogP contribution in [0.4, 0.5) is 0 Å². The van der Waals surface area contributed by atoms with Crippen molar-refractivity contribution in [3.8, 4) is 17.1 Å². The molecule has 1 aliphatic heterocycles. The van der Waals surface area contributed by atoms with Gasteiger partial charge in [-0.25, -0.2) is 9.97 Å². The highest BCUT2D eigenvalue weighted by Crippen LogP contribution is 2.65. The molecule has 4 aromatic rings. The molecule has 31 heavy (non-hydrogen) atoms. The summed E-state index contributed by atoms with van der Waals surface area (Å²) in [4.78, 5) is 14.0. The molecule has 5 nitrogen and oxygen atoms in total. The molecule has 3 fully saturated rings. The van der Waals surface area contributed by atoms with Gasteiger partial charge in [0.15, 0.2) is 12.2 Å². The largest absolute Gasteiger partial charge is 0.442 e. The Balaban J connectivity index is 1.48. The van der Waals surface area contributed by atoms with Crippen molar-refractivity contribution < 1.29 is 4.42 Å². The van der Waals surface area contributed by atoms with Crippen molar-refractivity contribution in [3.63, 3.8) is 0 Å². The lowest BCUT2D eigenvalue weighted by Gasteiger charge is -2.62. The maximum atomic E-state index is 5.59. The number of hydrogen-bond donors (Lipinski definition) is 0. The fourth-order valence-electron chi connectivity index (χ4n) is 5.72. The Labute approximate surface area is 180 Å². The number of benzene rings is 2. The molecule has 4 aliphatic rings. The summed E-state index contributed by atoms with van der Waals surface area (Å²) >= 11 is 0. The topological polar surface area (TPSA) is 56.2 Å². The van der Waals surface area contributed by atoms with Crippen LogP contribution in [0.1, 0.15) is 54.6 Å². The number of oxazole rings is 1. The second kappa shape index (κ2) is 6.03. The Morgan fingerprint density at radius 2 is 1.90 bits per heavy atom. The van der Waals surface area contributed by atoms with Gasteiger partial charge in [-0.3, -0.25) is 9.56 Å². The molecule has 0 amide bonds. The summed E-state index contributed by atoms with van der Waals surface area (Å²) in [7, 11) is 0. The molecule has 3 aliphatic carbocycles. The van der Waals surface area contributed by atoms with E-state index < -0.39 is 0 Å². The van der Waals surface area contributed by atoms with Crippen molar-refractivity contribution in [2.45, 2.75) is 37.6 Å². The Kier molecular flexibility index (Phi) is 3.36. The average Bonchev–Trinajstić information content (AvgIpc) is 3.38. The molecule has 5 heteroatoms. The first-order valence-corrected chi connectivity index (χ1v) is 11.0. The molecule has 0 unspecified atom stereocenters. The third-order valence-electron chi connectivity index (χ3n) is 7.40. The normalized spacial score (nSPS) is 25.5. The molecule has 0 radical (unpaired) electrons. The number of aliphatic imine (C=N–C) groups is 1. The van der Waals surface area contributed by atoms with Crippen LogP contribution in [0.2, 0.25) is 0 Å². The smallest absolute Gasteiger partial charge is 0.181 e. The van der Waals surface area contributed by atoms with E-state index in [-0.39, 0.29) is 6.04 Å². The number of imidazole rings is 1. The summed E-state index contributed by atoms with van der Waals surface area (Å²) in [5, 5.41) is 0. The van der Waals surface area contributed by atoms with Crippen LogP contribution in [0.3, 0.4) is 0 Å². The van der Waals surface area contributed by atoms with Gasteiger partial charge in [-0.2, -0.15) is 0 Å². The van der Waals surface area contributed by atoms with Gasteiger partial charge in [-0.15, -0.1) is 0 Å². The fraction of sp³-hybridized carbons (Fsp3) is 0.269. The lowest BCUT2D eigenvalue weighted by molar-refractivity contribution is -0.0274. The Morgan fingerprint density at radius 1 is 1.06 bits per heavy atom. The SMILES string of the molecule is C[C@H]1N=C(c2ccccc2)c2cc(C34CC(C3)C4)ccc2-n2cnc(-c3cnco3)c21. The summed E-state index contributed by atoms with van der Waals surface area (Å²) in [6.07, 6.45) is 9.08. The average molecular weight is 406 g/mol. The van der Waals surface area contributed by atoms with E-state index in [9.17, 15) is 0 Å². The van der Waals surface area contributed by atoms with Crippen LogP contribution in [0.5, 0.6) is 0 Å². The zero-order chi connectivity index (χ0) is 20.6. The first-order valence-electron chi connectivity index (χ1n) is 11.0. The lowest BCUT2D eigenvalue weighted by Crippen LogP contribution is -2.55. The third-order valence-corrected chi connectivity index (χ3v) is 7.40. The number of nitrogens with zero attached hydrogens (tertiary/aromatic N) is 4. The molecule has 8 rings (SSSR count). The molecule has 0 spiro atoms. The summed E-state index contributed by atoms with van der Waals surface area (Å²) in [5.74, 6) is 1.62. The van der Waals surface area contributed by atoms with Gasteiger partial charge in [0.05, 0.1) is 29.3 Å². The van der Waals surface area contributed by atoms with E-state index in [0.29, 0.717) is 11.2 Å². The van der Waals surface area contributed by atoms with Crippen molar-refractivity contribution in [2.75, 3.05) is 0 Å². The van der Waals surface area contributed by atoms with E-state index >= 15 is 0 Å². The highest BCUT2D eigenvalue weighted by molar-refractivity contribution is 6.15. The molecule has 2 bridgehead atoms. The van der Waals surface area contributed by atoms with Gasteiger partial charge in [-0.1, -0.05) is 36.4 Å². The predicted molar refractivity (Wildman–Crippen MR) is 119 cm³/mol. The van der Waals surface area contributed by atoms with Gasteiger partial charge in [0.25, 0.3) is 0 Å². The summed E-state index contributed by atoms with van der Waals surface area (Å²) in [5.41, 5.74) is 8.19. The summed E-state index contributed by atoms with van der Waals surface area (Å²) in [6.45, 7) is 2.13. The Bertz CT molecular complexity index is 1320. The number of aromatic nitrogens is 3. The van der Waals surface area contributed by atoms with Crippen LogP contribution in [0.25, 0.3) is 17.1 Å². The van der Waals surface area contributed by atoms with E-state index in [2.05, 4.69) is 65.0 Å². The third kappa shape index (κ3) is 2.34. The zero-order valence-corrected chi connectivity index (χ0v) is 17.3. The molecule has 2 aromatic carbocycles. The minimum absolute atomic E-state index is 0.0800. The van der Waals surface area contributed by atoms with Gasteiger partial charge in [0.1, 0.15) is 12.0 Å². The molecular formula is C26H22N4O. The Morgan fingerprint density at radius 3 is 2.61 bits per heavy atom. The first kappa shape index (κ1) is 17.2. The van der Waals surface area contributed by atoms with Crippen LogP contribution < -0.4 is 0 Å². The fourth-order valence-corrected chi connectivity index (χ4v) is 5.72. The molecule has 3 saturated carbocycles. The number of fused-ring (bicyclic) bond motifs is 3. The standard InChI is InChI=1S/C26H22N4O/c1-16-25-24(22-13-27-15-31-22)28-14-30(25)21-8-7-19(26-10-17(11-26)12-26)9-20(21)23(29-16)18-5-3-2-4-6-18/h2-9,13-17H,10-12H2,1H3/t16-,17?,26?/m1/s1. The van der Waals surface area contributed by atoms with Crippen LogP contribution in [0, 0.1) is 5.92 Å². The second-order valence-electron chi connectivity index (χ2n) is 9.22. The van der Waals surface area contributed by atoms with Crippen molar-refractivity contribution >= 4 is 5.71 Å². The van der Waals surface area contributed by atoms with Crippen LogP contribution in [0.15, 0.2) is 76.9 Å². The Hall–Kier alpha value is -3.47. The van der Waals surface area contributed by atoms with Gasteiger partial charge in [0.2, 0.25) is 0 Å². The highest BCUT2D eigenvalue weighted by Gasteiger charge is 2.57. The summed E-state index contributed by atoms with van der Waals surface area (Å²) in [6, 6.07) is 17.4. The maximum absolute atomic E-state index is 5.59. The number of rotatable bonds is 3. The minimum atomic E-state index is -0.0800. The molecule has 3 heterocycles. The van der Waals surface area contributed by atoms with Crippen molar-refractivity contribution in [3.05, 3.63) is 89.8 Å². The molecule has 2 aromatic heterocycles. The lowest BCUT2D eigenvalue weighted by atomic mass is 9.42. The van der Waals surface area contributed by atoms with Crippen LogP contribution >= 0.6 is 0 Å². The van der Waals surface area contributed by atoms with E-state index in [4.69, 9.17) is 14.4 Å². The zero-order valence-electron chi connectivity index (χ0n) is 17.3. The van der Waals surface area contributed by atoms with E-state index in [1.165, 1.54) is 36.8 Å². The van der Waals surface area contributed by atoms with Gasteiger partial charge < -0.3 is 4.42 Å². The van der Waals surface area contributed by atoms with Gasteiger partial charge in [0, 0.05) is 11.1 Å². The maximum Gasteiger partial charge on any atom is 0.181 e. The van der Waals surface area contributed by atoms with E-state index in [1.807, 2.05) is 6.33 Å². The van der Waals surface area contributed by atoms with Gasteiger partial charge in [-0.05, 0) is 55.2 Å².